The van der Waals surface area contributed by atoms with Crippen LogP contribution >= 0.6 is 0 Å². The number of aryl methyl sites for hydroxylation is 1. The van der Waals surface area contributed by atoms with Crippen molar-refractivity contribution in [3.8, 4) is 0 Å². The number of anilines is 1. The van der Waals surface area contributed by atoms with Gasteiger partial charge in [-0.3, -0.25) is 0 Å². The van der Waals surface area contributed by atoms with E-state index in [2.05, 4.69) is 20.1 Å². The number of nitrogens with zero attached hydrogens (tertiary/aromatic N) is 2. The zero-order valence-electron chi connectivity index (χ0n) is 9.21. The molecule has 0 unspecified atom stereocenters. The largest absolute Gasteiger partial charge is 0.411 e. The van der Waals surface area contributed by atoms with Gasteiger partial charge in [0.1, 0.15) is 19.0 Å². The second kappa shape index (κ2) is 5.78. The number of nitrogens with two attached hydrogens (primary N) is 1. The summed E-state index contributed by atoms with van der Waals surface area (Å²) in [4.78, 5) is 7.90. The fourth-order valence-corrected chi connectivity index (χ4v) is 1.13. The second-order valence-corrected chi connectivity index (χ2v) is 3.27. The van der Waals surface area contributed by atoms with E-state index < -0.39 is 12.8 Å². The fourth-order valence-electron chi connectivity index (χ4n) is 1.13. The van der Waals surface area contributed by atoms with Gasteiger partial charge in [-0.2, -0.15) is 13.2 Å². The van der Waals surface area contributed by atoms with Gasteiger partial charge in [0.2, 0.25) is 0 Å². The highest BCUT2D eigenvalue weighted by atomic mass is 19.4. The highest BCUT2D eigenvalue weighted by molar-refractivity contribution is 5.34. The summed E-state index contributed by atoms with van der Waals surface area (Å²) in [5.74, 6) is 5.70. The number of ether oxygens (including phenoxy) is 1. The number of aromatic nitrogens is 2. The average molecular weight is 250 g/mol. The molecule has 0 saturated heterocycles. The maximum absolute atomic E-state index is 11.9. The van der Waals surface area contributed by atoms with Gasteiger partial charge >= 0.3 is 6.18 Å². The first-order chi connectivity index (χ1) is 7.94. The van der Waals surface area contributed by atoms with Crippen molar-refractivity contribution in [2.24, 2.45) is 5.84 Å². The van der Waals surface area contributed by atoms with Gasteiger partial charge in [0.15, 0.2) is 5.82 Å². The fraction of sp³-hybridized carbons (Fsp3) is 0.556. The van der Waals surface area contributed by atoms with Crippen LogP contribution in [0.1, 0.15) is 18.4 Å². The summed E-state index contributed by atoms with van der Waals surface area (Å²) >= 11 is 0. The van der Waals surface area contributed by atoms with Crippen LogP contribution in [0.25, 0.3) is 0 Å². The van der Waals surface area contributed by atoms with Gasteiger partial charge in [-0.05, 0) is 6.42 Å². The van der Waals surface area contributed by atoms with Crippen LogP contribution in [0.15, 0.2) is 6.07 Å². The number of halogens is 3. The van der Waals surface area contributed by atoms with Crippen molar-refractivity contribution in [3.05, 3.63) is 17.6 Å². The van der Waals surface area contributed by atoms with Crippen molar-refractivity contribution >= 4 is 5.82 Å². The molecule has 5 nitrogen and oxygen atoms in total. The van der Waals surface area contributed by atoms with E-state index in [1.54, 1.807) is 6.07 Å². The van der Waals surface area contributed by atoms with Crippen LogP contribution in [0.3, 0.4) is 0 Å². The Morgan fingerprint density at radius 2 is 2.12 bits per heavy atom. The van der Waals surface area contributed by atoms with Gasteiger partial charge in [-0.15, -0.1) is 0 Å². The zero-order chi connectivity index (χ0) is 12.9. The first-order valence-corrected chi connectivity index (χ1v) is 4.92. The molecule has 0 atom stereocenters. The number of hydrogen-bond acceptors (Lipinski definition) is 5. The van der Waals surface area contributed by atoms with Crippen LogP contribution in [0.5, 0.6) is 0 Å². The third-order valence-electron chi connectivity index (χ3n) is 1.83. The molecular weight excluding hydrogens is 237 g/mol. The Hall–Kier alpha value is -1.41. The topological polar surface area (TPSA) is 73.1 Å². The summed E-state index contributed by atoms with van der Waals surface area (Å²) in [6.45, 7) is 0.239. The van der Waals surface area contributed by atoms with Crippen LogP contribution in [0, 0.1) is 0 Å². The Kier molecular flexibility index (Phi) is 4.64. The number of nitrogens with one attached hydrogen (secondary N) is 1. The van der Waals surface area contributed by atoms with Crippen molar-refractivity contribution in [3.63, 3.8) is 0 Å². The SMILES string of the molecule is CCc1cc(NN)nc(COCC(F)(F)F)n1. The van der Waals surface area contributed by atoms with E-state index in [4.69, 9.17) is 5.84 Å². The van der Waals surface area contributed by atoms with Crippen LogP contribution in [0.4, 0.5) is 19.0 Å². The summed E-state index contributed by atoms with van der Waals surface area (Å²) < 4.78 is 40.0. The Labute approximate surface area is 96.2 Å². The monoisotopic (exact) mass is 250 g/mol. The molecule has 0 fully saturated rings. The molecule has 0 spiro atoms. The van der Waals surface area contributed by atoms with Gasteiger partial charge in [-0.25, -0.2) is 15.8 Å². The molecule has 0 saturated carbocycles. The molecule has 1 aromatic rings. The van der Waals surface area contributed by atoms with E-state index in [-0.39, 0.29) is 12.4 Å². The van der Waals surface area contributed by atoms with E-state index in [1.807, 2.05) is 6.92 Å². The summed E-state index contributed by atoms with van der Waals surface area (Å²) in [6.07, 6.45) is -3.72. The van der Waals surface area contributed by atoms with E-state index in [0.717, 1.165) is 0 Å². The molecule has 1 heterocycles. The Morgan fingerprint density at radius 3 is 2.65 bits per heavy atom. The molecular formula is C9H13F3N4O. The molecule has 96 valence electrons. The second-order valence-electron chi connectivity index (χ2n) is 3.27. The van der Waals surface area contributed by atoms with E-state index in [1.165, 1.54) is 0 Å². The predicted molar refractivity (Wildman–Crippen MR) is 54.9 cm³/mol. The van der Waals surface area contributed by atoms with Gasteiger partial charge < -0.3 is 10.2 Å². The van der Waals surface area contributed by atoms with Crippen LogP contribution in [0.2, 0.25) is 0 Å². The number of hydrazine groups is 1. The maximum atomic E-state index is 11.9. The molecule has 0 aliphatic rings. The van der Waals surface area contributed by atoms with Gasteiger partial charge in [0, 0.05) is 11.8 Å². The lowest BCUT2D eigenvalue weighted by Gasteiger charge is -2.08. The van der Waals surface area contributed by atoms with E-state index >= 15 is 0 Å². The molecule has 0 bridgehead atoms. The lowest BCUT2D eigenvalue weighted by Crippen LogP contribution is -2.18. The first-order valence-electron chi connectivity index (χ1n) is 4.92. The Bertz CT molecular complexity index is 347. The van der Waals surface area contributed by atoms with Crippen molar-refractivity contribution in [1.82, 2.24) is 9.97 Å². The minimum Gasteiger partial charge on any atom is -0.364 e. The maximum Gasteiger partial charge on any atom is 0.411 e. The minimum atomic E-state index is -4.35. The molecule has 3 N–H and O–H groups in total. The first kappa shape index (κ1) is 13.7. The lowest BCUT2D eigenvalue weighted by atomic mass is 10.3. The van der Waals surface area contributed by atoms with Gasteiger partial charge in [-0.1, -0.05) is 6.92 Å². The summed E-state index contributed by atoms with van der Waals surface area (Å²) in [5.41, 5.74) is 3.00. The predicted octanol–water partition coefficient (Wildman–Crippen LogP) is 1.40. The summed E-state index contributed by atoms with van der Waals surface area (Å²) in [6, 6.07) is 1.62. The van der Waals surface area contributed by atoms with Crippen molar-refractivity contribution in [1.29, 1.82) is 0 Å². The van der Waals surface area contributed by atoms with Crippen molar-refractivity contribution < 1.29 is 17.9 Å². The molecule has 1 aromatic heterocycles. The normalized spacial score (nSPS) is 11.6. The lowest BCUT2D eigenvalue weighted by molar-refractivity contribution is -0.177. The highest BCUT2D eigenvalue weighted by Crippen LogP contribution is 2.15. The summed E-state index contributed by atoms with van der Waals surface area (Å²) in [5, 5.41) is 0. The summed E-state index contributed by atoms with van der Waals surface area (Å²) in [7, 11) is 0. The third kappa shape index (κ3) is 4.96. The molecule has 0 aliphatic carbocycles. The van der Waals surface area contributed by atoms with E-state index in [9.17, 15) is 13.2 Å². The average Bonchev–Trinajstić information content (AvgIpc) is 2.26. The Balaban J connectivity index is 2.64. The minimum absolute atomic E-state index is 0.168. The molecule has 0 radical (unpaired) electrons. The van der Waals surface area contributed by atoms with Gasteiger partial charge in [0.05, 0.1) is 0 Å². The third-order valence-corrected chi connectivity index (χ3v) is 1.83. The molecule has 1 rings (SSSR count). The zero-order valence-corrected chi connectivity index (χ0v) is 9.21. The standard InChI is InChI=1S/C9H13F3N4O/c1-2-6-3-7(16-13)15-8(14-6)4-17-5-9(10,11)12/h3H,2,4-5,13H2,1H3,(H,14,15,16). The highest BCUT2D eigenvalue weighted by Gasteiger charge is 2.27. The molecule has 0 amide bonds. The smallest absolute Gasteiger partial charge is 0.364 e. The number of alkyl halides is 3. The van der Waals surface area contributed by atoms with E-state index in [0.29, 0.717) is 17.9 Å². The quantitative estimate of drug-likeness (QED) is 0.610. The molecule has 17 heavy (non-hydrogen) atoms. The van der Waals surface area contributed by atoms with Crippen LogP contribution in [-0.4, -0.2) is 22.8 Å². The molecule has 8 heteroatoms. The number of hydrogen-bond donors (Lipinski definition) is 2. The van der Waals surface area contributed by atoms with Crippen molar-refractivity contribution in [2.75, 3.05) is 12.0 Å². The number of rotatable bonds is 5. The number of nitrogen functional groups attached to an aromatic ring is 1. The van der Waals surface area contributed by atoms with Gasteiger partial charge in [0.25, 0.3) is 0 Å². The molecule has 0 aliphatic heterocycles. The Morgan fingerprint density at radius 1 is 1.41 bits per heavy atom. The van der Waals surface area contributed by atoms with Crippen molar-refractivity contribution in [2.45, 2.75) is 26.1 Å². The molecule has 0 aromatic carbocycles. The van der Waals surface area contributed by atoms with Crippen LogP contribution < -0.4 is 11.3 Å². The van der Waals surface area contributed by atoms with Crippen LogP contribution in [-0.2, 0) is 17.8 Å².